The molecule has 2 atom stereocenters. The van der Waals surface area contributed by atoms with Gasteiger partial charge >= 0.3 is 11.9 Å². The molecule has 2 unspecified atom stereocenters. The summed E-state index contributed by atoms with van der Waals surface area (Å²) in [6, 6.07) is 0. The molecule has 0 radical (unpaired) electrons. The van der Waals surface area contributed by atoms with Crippen molar-refractivity contribution in [1.82, 2.24) is 0 Å². The minimum atomic E-state index is -0.0786. The Balaban J connectivity index is 3.53. The predicted molar refractivity (Wildman–Crippen MR) is 139 cm³/mol. The molecule has 0 heterocycles. The lowest BCUT2D eigenvalue weighted by Crippen LogP contribution is -2.09. The summed E-state index contributed by atoms with van der Waals surface area (Å²) in [6.07, 6.45) is 16.7. The number of hydrogen-bond acceptors (Lipinski definition) is 4. The first-order valence-corrected chi connectivity index (χ1v) is 13.3. The lowest BCUT2D eigenvalue weighted by Gasteiger charge is -2.11. The van der Waals surface area contributed by atoms with Gasteiger partial charge in [-0.1, -0.05) is 56.4 Å². The molecule has 33 heavy (non-hydrogen) atoms. The van der Waals surface area contributed by atoms with Crippen molar-refractivity contribution < 1.29 is 19.1 Å². The molecule has 192 valence electrons. The molecule has 4 heteroatoms. The van der Waals surface area contributed by atoms with Crippen molar-refractivity contribution in [3.8, 4) is 0 Å². The number of esters is 2. The molecule has 0 spiro atoms. The predicted octanol–water partition coefficient (Wildman–Crippen LogP) is 8.35. The molecule has 0 saturated heterocycles. The molecule has 0 aliphatic heterocycles. The van der Waals surface area contributed by atoms with Gasteiger partial charge in [0.05, 0.1) is 13.2 Å². The van der Waals surface area contributed by atoms with E-state index < -0.39 is 0 Å². The van der Waals surface area contributed by atoms with Crippen LogP contribution in [0, 0.1) is 11.8 Å². The number of ether oxygens (including phenoxy) is 2. The van der Waals surface area contributed by atoms with Gasteiger partial charge in [-0.2, -0.15) is 0 Å². The average Bonchev–Trinajstić information content (AvgIpc) is 2.72. The summed E-state index contributed by atoms with van der Waals surface area (Å²) in [4.78, 5) is 23.7. The van der Waals surface area contributed by atoms with Crippen LogP contribution in [0.1, 0.15) is 125 Å². The highest BCUT2D eigenvalue weighted by molar-refractivity contribution is 5.69. The Morgan fingerprint density at radius 2 is 0.970 bits per heavy atom. The molecule has 0 aliphatic carbocycles. The monoisotopic (exact) mass is 464 g/mol. The van der Waals surface area contributed by atoms with Crippen LogP contribution in [0.15, 0.2) is 23.3 Å². The van der Waals surface area contributed by atoms with E-state index in [9.17, 15) is 9.59 Å². The van der Waals surface area contributed by atoms with E-state index in [1.54, 1.807) is 0 Å². The maximum Gasteiger partial charge on any atom is 0.305 e. The first-order chi connectivity index (χ1) is 15.7. The quantitative estimate of drug-likeness (QED) is 0.103. The zero-order valence-corrected chi connectivity index (χ0v) is 22.5. The number of rotatable bonds is 20. The molecule has 0 saturated carbocycles. The number of allylic oxidation sites excluding steroid dienone is 4. The fourth-order valence-electron chi connectivity index (χ4n) is 3.56. The fraction of sp³-hybridized carbons (Fsp3) is 0.793. The minimum absolute atomic E-state index is 0.0786. The van der Waals surface area contributed by atoms with Crippen molar-refractivity contribution in [1.29, 1.82) is 0 Å². The van der Waals surface area contributed by atoms with Gasteiger partial charge in [0.15, 0.2) is 0 Å². The first kappa shape index (κ1) is 31.4. The standard InChI is InChI=1S/C29H52O4/c1-24(2)14-12-16-26(5)20-22-32-28(30)18-10-8-7-9-11-19-29(31)33-23-21-27(6)17-13-15-25(3)4/h14-15,26-27H,7-13,16-23H2,1-6H3. The van der Waals surface area contributed by atoms with Crippen LogP contribution in [0.25, 0.3) is 0 Å². The topological polar surface area (TPSA) is 52.6 Å². The third-order valence-corrected chi connectivity index (χ3v) is 5.93. The Hall–Kier alpha value is -1.58. The maximum atomic E-state index is 11.8. The lowest BCUT2D eigenvalue weighted by atomic mass is 10.0. The second kappa shape index (κ2) is 21.0. The molecule has 0 aromatic carbocycles. The van der Waals surface area contributed by atoms with Crippen LogP contribution in [-0.4, -0.2) is 25.2 Å². The van der Waals surface area contributed by atoms with Crippen molar-refractivity contribution >= 4 is 11.9 Å². The van der Waals surface area contributed by atoms with Gasteiger partial charge in [-0.15, -0.1) is 0 Å². The Morgan fingerprint density at radius 1 is 0.606 bits per heavy atom. The van der Waals surface area contributed by atoms with Crippen LogP contribution in [0.3, 0.4) is 0 Å². The average molecular weight is 465 g/mol. The van der Waals surface area contributed by atoms with E-state index in [2.05, 4.69) is 53.7 Å². The summed E-state index contributed by atoms with van der Waals surface area (Å²) in [6.45, 7) is 14.0. The Kier molecular flexibility index (Phi) is 20.0. The Labute approximate surface area is 204 Å². The van der Waals surface area contributed by atoms with Crippen LogP contribution in [-0.2, 0) is 19.1 Å². The van der Waals surface area contributed by atoms with Gasteiger partial charge in [0.2, 0.25) is 0 Å². The number of unbranched alkanes of at least 4 members (excludes halogenated alkanes) is 4. The Bertz CT molecular complexity index is 518. The summed E-state index contributed by atoms with van der Waals surface area (Å²) >= 11 is 0. The highest BCUT2D eigenvalue weighted by atomic mass is 16.5. The van der Waals surface area contributed by atoms with E-state index in [4.69, 9.17) is 9.47 Å². The maximum absolute atomic E-state index is 11.8. The zero-order chi connectivity index (χ0) is 24.9. The van der Waals surface area contributed by atoms with Crippen molar-refractivity contribution in [2.75, 3.05) is 13.2 Å². The van der Waals surface area contributed by atoms with Crippen molar-refractivity contribution in [3.05, 3.63) is 23.3 Å². The highest BCUT2D eigenvalue weighted by Gasteiger charge is 2.07. The smallest absolute Gasteiger partial charge is 0.305 e. The summed E-state index contributed by atoms with van der Waals surface area (Å²) in [5.74, 6) is 1.00. The number of carbonyl (C=O) groups is 2. The SMILES string of the molecule is CC(C)=CCCC(C)CCOC(=O)CCCCCCCC(=O)OCCC(C)CCC=C(C)C. The van der Waals surface area contributed by atoms with Crippen molar-refractivity contribution in [2.24, 2.45) is 11.8 Å². The third-order valence-electron chi connectivity index (χ3n) is 5.93. The number of carbonyl (C=O) groups excluding carboxylic acids is 2. The normalized spacial score (nSPS) is 12.5. The summed E-state index contributed by atoms with van der Waals surface area (Å²) in [5, 5.41) is 0. The van der Waals surface area contributed by atoms with E-state index in [0.717, 1.165) is 70.6 Å². The molecule has 0 fully saturated rings. The molecule has 0 amide bonds. The summed E-state index contributed by atoms with van der Waals surface area (Å²) < 4.78 is 10.7. The molecule has 0 rings (SSSR count). The summed E-state index contributed by atoms with van der Waals surface area (Å²) in [5.41, 5.74) is 2.72. The molecular formula is C29H52O4. The van der Waals surface area contributed by atoms with Crippen LogP contribution in [0.5, 0.6) is 0 Å². The molecule has 4 nitrogen and oxygen atoms in total. The summed E-state index contributed by atoms with van der Waals surface area (Å²) in [7, 11) is 0. The number of hydrogen-bond donors (Lipinski definition) is 0. The zero-order valence-electron chi connectivity index (χ0n) is 22.5. The van der Waals surface area contributed by atoms with Gasteiger partial charge in [0.1, 0.15) is 0 Å². The van der Waals surface area contributed by atoms with Crippen LogP contribution < -0.4 is 0 Å². The van der Waals surface area contributed by atoms with Crippen LogP contribution >= 0.6 is 0 Å². The highest BCUT2D eigenvalue weighted by Crippen LogP contribution is 2.14. The Morgan fingerprint density at radius 3 is 1.33 bits per heavy atom. The van der Waals surface area contributed by atoms with Gasteiger partial charge in [-0.25, -0.2) is 0 Å². The van der Waals surface area contributed by atoms with Crippen LogP contribution in [0.2, 0.25) is 0 Å². The van der Waals surface area contributed by atoms with Gasteiger partial charge < -0.3 is 9.47 Å². The molecule has 0 aromatic rings. The van der Waals surface area contributed by atoms with E-state index in [-0.39, 0.29) is 11.9 Å². The van der Waals surface area contributed by atoms with Gasteiger partial charge in [-0.05, 0) is 90.9 Å². The minimum Gasteiger partial charge on any atom is -0.466 e. The van der Waals surface area contributed by atoms with Gasteiger partial charge in [0, 0.05) is 12.8 Å². The second-order valence-corrected chi connectivity index (χ2v) is 10.2. The van der Waals surface area contributed by atoms with E-state index >= 15 is 0 Å². The molecule has 0 aromatic heterocycles. The van der Waals surface area contributed by atoms with Crippen molar-refractivity contribution in [2.45, 2.75) is 125 Å². The lowest BCUT2D eigenvalue weighted by molar-refractivity contribution is -0.145. The van der Waals surface area contributed by atoms with Gasteiger partial charge in [0.25, 0.3) is 0 Å². The van der Waals surface area contributed by atoms with Crippen molar-refractivity contribution in [3.63, 3.8) is 0 Å². The molecular weight excluding hydrogens is 412 g/mol. The van der Waals surface area contributed by atoms with Crippen LogP contribution in [0.4, 0.5) is 0 Å². The molecule has 0 aliphatic rings. The second-order valence-electron chi connectivity index (χ2n) is 10.2. The first-order valence-electron chi connectivity index (χ1n) is 13.3. The molecule has 0 bridgehead atoms. The van der Waals surface area contributed by atoms with E-state index in [0.29, 0.717) is 37.9 Å². The van der Waals surface area contributed by atoms with Gasteiger partial charge in [-0.3, -0.25) is 9.59 Å². The third kappa shape index (κ3) is 23.4. The fourth-order valence-corrected chi connectivity index (χ4v) is 3.56. The van der Waals surface area contributed by atoms with E-state index in [1.807, 2.05) is 0 Å². The largest absolute Gasteiger partial charge is 0.466 e. The van der Waals surface area contributed by atoms with E-state index in [1.165, 1.54) is 11.1 Å². The molecule has 0 N–H and O–H groups in total.